The molecular formula is C9H14NOPS2. The summed E-state index contributed by atoms with van der Waals surface area (Å²) >= 11 is 2.76. The molecule has 1 aromatic rings. The molecule has 0 saturated heterocycles. The zero-order valence-electron chi connectivity index (χ0n) is 8.48. The Kier molecular flexibility index (Phi) is 4.42. The van der Waals surface area contributed by atoms with Crippen molar-refractivity contribution in [1.29, 1.82) is 0 Å². The fourth-order valence-electron chi connectivity index (χ4n) is 0.952. The highest BCUT2D eigenvalue weighted by Crippen LogP contribution is 2.65. The standard InChI is InChI=1S/C9H14NOPS2/c1-8-4-6-9(7-5-8)10-12(11,13-2)14-3/h4-7H,1-3H3,(H,10,11). The van der Waals surface area contributed by atoms with Crippen molar-refractivity contribution in [3.05, 3.63) is 29.8 Å². The maximum Gasteiger partial charge on any atom is 0.277 e. The summed E-state index contributed by atoms with van der Waals surface area (Å²) in [4.78, 5) is 0. The molecule has 0 bridgehead atoms. The van der Waals surface area contributed by atoms with Gasteiger partial charge in [-0.05, 0) is 31.6 Å². The smallest absolute Gasteiger partial charge is 0.277 e. The number of anilines is 1. The lowest BCUT2D eigenvalue weighted by Crippen LogP contribution is -1.89. The molecule has 0 amide bonds. The molecule has 5 heteroatoms. The van der Waals surface area contributed by atoms with Gasteiger partial charge < -0.3 is 5.09 Å². The van der Waals surface area contributed by atoms with E-state index in [9.17, 15) is 4.57 Å². The number of hydrogen-bond donors (Lipinski definition) is 1. The van der Waals surface area contributed by atoms with Crippen LogP contribution >= 0.6 is 28.5 Å². The monoisotopic (exact) mass is 247 g/mol. The van der Waals surface area contributed by atoms with E-state index in [1.807, 2.05) is 43.7 Å². The summed E-state index contributed by atoms with van der Waals surface area (Å²) < 4.78 is 12.0. The second-order valence-electron chi connectivity index (χ2n) is 2.84. The van der Waals surface area contributed by atoms with Gasteiger partial charge in [-0.15, -0.1) is 0 Å². The van der Waals surface area contributed by atoms with E-state index in [0.29, 0.717) is 0 Å². The Bertz CT molecular complexity index is 331. The Morgan fingerprint density at radius 2 is 1.64 bits per heavy atom. The van der Waals surface area contributed by atoms with Gasteiger partial charge in [0.05, 0.1) is 0 Å². The van der Waals surface area contributed by atoms with Crippen LogP contribution in [0.1, 0.15) is 5.56 Å². The molecule has 0 atom stereocenters. The average Bonchev–Trinajstić information content (AvgIpc) is 2.21. The maximum atomic E-state index is 12.0. The van der Waals surface area contributed by atoms with Gasteiger partial charge >= 0.3 is 0 Å². The number of rotatable bonds is 4. The third kappa shape index (κ3) is 3.26. The molecule has 0 aliphatic heterocycles. The van der Waals surface area contributed by atoms with Gasteiger partial charge in [-0.3, -0.25) is 4.57 Å². The topological polar surface area (TPSA) is 29.1 Å². The summed E-state index contributed by atoms with van der Waals surface area (Å²) in [6.07, 6.45) is 3.72. The largest absolute Gasteiger partial charge is 0.320 e. The van der Waals surface area contributed by atoms with Crippen LogP contribution in [0.4, 0.5) is 5.69 Å². The third-order valence-corrected chi connectivity index (χ3v) is 9.41. The first-order valence-electron chi connectivity index (χ1n) is 4.16. The van der Waals surface area contributed by atoms with Crippen molar-refractivity contribution in [2.75, 3.05) is 17.6 Å². The molecule has 0 fully saturated rings. The van der Waals surface area contributed by atoms with Crippen LogP contribution in [-0.4, -0.2) is 12.5 Å². The molecular weight excluding hydrogens is 233 g/mol. The molecule has 78 valence electrons. The van der Waals surface area contributed by atoms with Crippen molar-refractivity contribution in [1.82, 2.24) is 0 Å². The van der Waals surface area contributed by atoms with Crippen LogP contribution in [0.25, 0.3) is 0 Å². The van der Waals surface area contributed by atoms with Gasteiger partial charge in [-0.25, -0.2) is 0 Å². The minimum atomic E-state index is -2.33. The number of nitrogens with one attached hydrogen (secondary N) is 1. The van der Waals surface area contributed by atoms with Crippen molar-refractivity contribution >= 4 is 34.1 Å². The van der Waals surface area contributed by atoms with E-state index in [2.05, 4.69) is 5.09 Å². The highest BCUT2D eigenvalue weighted by Gasteiger charge is 2.18. The highest BCUT2D eigenvalue weighted by atomic mass is 33.1. The van der Waals surface area contributed by atoms with Crippen LogP contribution in [-0.2, 0) is 4.57 Å². The second-order valence-corrected chi connectivity index (χ2v) is 10.8. The van der Waals surface area contributed by atoms with Crippen LogP contribution < -0.4 is 5.09 Å². The second kappa shape index (κ2) is 5.15. The lowest BCUT2D eigenvalue weighted by Gasteiger charge is -2.15. The zero-order chi connectivity index (χ0) is 10.6. The lowest BCUT2D eigenvalue weighted by molar-refractivity contribution is 0.596. The van der Waals surface area contributed by atoms with Crippen molar-refractivity contribution in [3.63, 3.8) is 0 Å². The van der Waals surface area contributed by atoms with Crippen LogP contribution in [0.5, 0.6) is 0 Å². The van der Waals surface area contributed by atoms with E-state index in [0.717, 1.165) is 5.69 Å². The summed E-state index contributed by atoms with van der Waals surface area (Å²) in [6, 6.07) is 7.92. The van der Waals surface area contributed by atoms with Crippen LogP contribution in [0.2, 0.25) is 0 Å². The van der Waals surface area contributed by atoms with Gasteiger partial charge in [0.1, 0.15) is 0 Å². The molecule has 0 heterocycles. The Hall–Kier alpha value is -0.0500. The Morgan fingerprint density at radius 3 is 2.07 bits per heavy atom. The molecule has 0 unspecified atom stereocenters. The van der Waals surface area contributed by atoms with Gasteiger partial charge in [-0.1, -0.05) is 40.5 Å². The Labute approximate surface area is 93.2 Å². The molecule has 1 rings (SSSR count). The molecule has 0 radical (unpaired) electrons. The first-order valence-corrected chi connectivity index (χ1v) is 9.53. The van der Waals surface area contributed by atoms with Crippen LogP contribution in [0, 0.1) is 6.92 Å². The van der Waals surface area contributed by atoms with E-state index in [-0.39, 0.29) is 0 Å². The van der Waals surface area contributed by atoms with Crippen molar-refractivity contribution in [2.24, 2.45) is 0 Å². The normalized spacial score (nSPS) is 11.4. The summed E-state index contributed by atoms with van der Waals surface area (Å²) in [5.41, 5.74) is -0.209. The molecule has 1 N–H and O–H groups in total. The molecule has 14 heavy (non-hydrogen) atoms. The van der Waals surface area contributed by atoms with Crippen LogP contribution in [0.3, 0.4) is 0 Å². The zero-order valence-corrected chi connectivity index (χ0v) is 11.0. The average molecular weight is 247 g/mol. The quantitative estimate of drug-likeness (QED) is 0.806. The molecule has 0 saturated carbocycles. The molecule has 0 aliphatic carbocycles. The SMILES string of the molecule is CSP(=O)(Nc1ccc(C)cc1)SC. The fraction of sp³-hybridized carbons (Fsp3) is 0.333. The summed E-state index contributed by atoms with van der Waals surface area (Å²) in [7, 11) is 0. The molecule has 0 aliphatic rings. The van der Waals surface area contributed by atoms with Crippen molar-refractivity contribution in [3.8, 4) is 0 Å². The van der Waals surface area contributed by atoms with E-state index < -0.39 is 5.70 Å². The maximum absolute atomic E-state index is 12.0. The first kappa shape index (κ1) is 12.0. The predicted molar refractivity (Wildman–Crippen MR) is 69.4 cm³/mol. The Balaban J connectivity index is 2.78. The molecule has 0 aromatic heterocycles. The van der Waals surface area contributed by atoms with Gasteiger partial charge in [0.2, 0.25) is 0 Å². The van der Waals surface area contributed by atoms with E-state index in [1.54, 1.807) is 0 Å². The third-order valence-electron chi connectivity index (χ3n) is 1.80. The number of aryl methyl sites for hydroxylation is 1. The summed E-state index contributed by atoms with van der Waals surface area (Å²) in [5.74, 6) is 0. The molecule has 1 aromatic carbocycles. The van der Waals surface area contributed by atoms with Crippen molar-refractivity contribution < 1.29 is 4.57 Å². The van der Waals surface area contributed by atoms with Gasteiger partial charge in [0, 0.05) is 5.69 Å². The Morgan fingerprint density at radius 1 is 1.14 bits per heavy atom. The van der Waals surface area contributed by atoms with E-state index >= 15 is 0 Å². The van der Waals surface area contributed by atoms with Gasteiger partial charge in [-0.2, -0.15) is 0 Å². The van der Waals surface area contributed by atoms with E-state index in [1.165, 1.54) is 28.3 Å². The summed E-state index contributed by atoms with van der Waals surface area (Å²) in [5, 5.41) is 3.06. The van der Waals surface area contributed by atoms with E-state index in [4.69, 9.17) is 0 Å². The fourth-order valence-corrected chi connectivity index (χ4v) is 4.72. The van der Waals surface area contributed by atoms with Crippen molar-refractivity contribution in [2.45, 2.75) is 6.92 Å². The van der Waals surface area contributed by atoms with Crippen LogP contribution in [0.15, 0.2) is 24.3 Å². The predicted octanol–water partition coefficient (Wildman–Crippen LogP) is 4.24. The van der Waals surface area contributed by atoms with Gasteiger partial charge in [0.15, 0.2) is 0 Å². The molecule has 2 nitrogen and oxygen atoms in total. The summed E-state index contributed by atoms with van der Waals surface area (Å²) in [6.45, 7) is 2.03. The minimum Gasteiger partial charge on any atom is -0.320 e. The number of benzene rings is 1. The highest BCUT2D eigenvalue weighted by molar-refractivity contribution is 8.90. The first-order chi connectivity index (χ1) is 6.59. The minimum absolute atomic E-state index is 0.919. The van der Waals surface area contributed by atoms with Gasteiger partial charge in [0.25, 0.3) is 5.70 Å². The molecule has 0 spiro atoms. The number of hydrogen-bond acceptors (Lipinski definition) is 3. The lowest BCUT2D eigenvalue weighted by atomic mass is 10.2.